The van der Waals surface area contributed by atoms with E-state index in [0.717, 1.165) is 40.9 Å². The molecule has 0 fully saturated rings. The van der Waals surface area contributed by atoms with Crippen molar-refractivity contribution in [1.29, 1.82) is 0 Å². The number of benzene rings is 2. The van der Waals surface area contributed by atoms with E-state index in [2.05, 4.69) is 51.0 Å². The Balaban J connectivity index is 1.39. The second-order valence-electron chi connectivity index (χ2n) is 8.47. The van der Waals surface area contributed by atoms with Gasteiger partial charge in [-0.2, -0.15) is 5.10 Å². The van der Waals surface area contributed by atoms with E-state index in [9.17, 15) is 4.79 Å². The third-order valence-corrected chi connectivity index (χ3v) is 5.83. The van der Waals surface area contributed by atoms with Gasteiger partial charge in [-0.1, -0.05) is 19.9 Å². The second-order valence-corrected chi connectivity index (χ2v) is 8.47. The quantitative estimate of drug-likeness (QED) is 0.376. The van der Waals surface area contributed by atoms with Crippen molar-refractivity contribution in [2.75, 3.05) is 22.5 Å². The van der Waals surface area contributed by atoms with Gasteiger partial charge in [0.15, 0.2) is 0 Å². The molecule has 3 heterocycles. The molecule has 156 valence electrons. The zero-order valence-electron chi connectivity index (χ0n) is 17.5. The molecule has 1 amide bonds. The SMILES string of the molecule is CC1(C)CCNc2cc(NC(=O)c3cccnc3Nc3ccc4cn[nH]c4c3)ccc21. The lowest BCUT2D eigenvalue weighted by molar-refractivity contribution is 0.102. The lowest BCUT2D eigenvalue weighted by atomic mass is 9.78. The van der Waals surface area contributed by atoms with E-state index in [1.165, 1.54) is 5.56 Å². The zero-order valence-corrected chi connectivity index (χ0v) is 17.5. The Morgan fingerprint density at radius 1 is 1.10 bits per heavy atom. The molecule has 0 atom stereocenters. The van der Waals surface area contributed by atoms with Crippen LogP contribution in [0, 0.1) is 0 Å². The van der Waals surface area contributed by atoms with Gasteiger partial charge >= 0.3 is 0 Å². The zero-order chi connectivity index (χ0) is 21.4. The summed E-state index contributed by atoms with van der Waals surface area (Å²) in [4.78, 5) is 17.4. The van der Waals surface area contributed by atoms with Crippen molar-refractivity contribution in [2.45, 2.75) is 25.7 Å². The fourth-order valence-electron chi connectivity index (χ4n) is 4.04. The number of nitrogens with one attached hydrogen (secondary N) is 4. The predicted molar refractivity (Wildman–Crippen MR) is 124 cm³/mol. The molecule has 2 aromatic heterocycles. The van der Waals surface area contributed by atoms with Gasteiger partial charge in [0.05, 0.1) is 17.3 Å². The molecule has 0 saturated carbocycles. The third kappa shape index (κ3) is 3.70. The van der Waals surface area contributed by atoms with E-state index in [0.29, 0.717) is 11.4 Å². The highest BCUT2D eigenvalue weighted by Crippen LogP contribution is 2.38. The highest BCUT2D eigenvalue weighted by molar-refractivity contribution is 6.08. The van der Waals surface area contributed by atoms with Gasteiger partial charge in [-0.3, -0.25) is 9.89 Å². The molecule has 0 unspecified atom stereocenters. The average Bonchev–Trinajstić information content (AvgIpc) is 3.21. The largest absolute Gasteiger partial charge is 0.385 e. The summed E-state index contributed by atoms with van der Waals surface area (Å²) in [5.41, 5.74) is 5.43. The molecule has 0 saturated heterocycles. The molecule has 31 heavy (non-hydrogen) atoms. The summed E-state index contributed by atoms with van der Waals surface area (Å²) in [6.45, 7) is 5.42. The van der Waals surface area contributed by atoms with Crippen LogP contribution >= 0.6 is 0 Å². The maximum absolute atomic E-state index is 13.1. The Bertz CT molecular complexity index is 1280. The van der Waals surface area contributed by atoms with E-state index in [4.69, 9.17) is 0 Å². The monoisotopic (exact) mass is 412 g/mol. The Morgan fingerprint density at radius 2 is 1.97 bits per heavy atom. The summed E-state index contributed by atoms with van der Waals surface area (Å²) in [6.07, 6.45) is 4.52. The standard InChI is InChI=1S/C24H24N6O/c1-24(2)9-11-25-21-13-17(7-8-19(21)24)29-23(31)18-4-3-10-26-22(18)28-16-6-5-15-14-27-30-20(15)12-16/h3-8,10,12-14,25H,9,11H2,1-2H3,(H,26,28)(H,27,30)(H,29,31). The number of hydrogen-bond donors (Lipinski definition) is 4. The molecule has 2 aromatic carbocycles. The maximum atomic E-state index is 13.1. The smallest absolute Gasteiger partial charge is 0.259 e. The summed E-state index contributed by atoms with van der Waals surface area (Å²) in [5.74, 6) is 0.282. The molecular formula is C24H24N6O. The minimum atomic E-state index is -0.215. The van der Waals surface area contributed by atoms with Gasteiger partial charge in [0, 0.05) is 35.2 Å². The van der Waals surface area contributed by atoms with Crippen LogP contribution in [0.15, 0.2) is 60.9 Å². The third-order valence-electron chi connectivity index (χ3n) is 5.83. The molecule has 1 aliphatic rings. The number of fused-ring (bicyclic) bond motifs is 2. The first-order valence-corrected chi connectivity index (χ1v) is 10.3. The summed E-state index contributed by atoms with van der Waals surface area (Å²) in [6, 6.07) is 15.4. The Labute approximate surface area is 180 Å². The molecule has 0 spiro atoms. The molecule has 4 N–H and O–H groups in total. The Hall–Kier alpha value is -3.87. The lowest BCUT2D eigenvalue weighted by Gasteiger charge is -2.33. The predicted octanol–water partition coefficient (Wildman–Crippen LogP) is 5.05. The van der Waals surface area contributed by atoms with E-state index in [-0.39, 0.29) is 11.3 Å². The molecule has 5 rings (SSSR count). The van der Waals surface area contributed by atoms with Crippen LogP contribution < -0.4 is 16.0 Å². The van der Waals surface area contributed by atoms with E-state index < -0.39 is 0 Å². The van der Waals surface area contributed by atoms with Crippen LogP contribution in [0.3, 0.4) is 0 Å². The van der Waals surface area contributed by atoms with E-state index in [1.807, 2.05) is 30.3 Å². The van der Waals surface area contributed by atoms with Gasteiger partial charge in [0.2, 0.25) is 0 Å². The number of carbonyl (C=O) groups is 1. The van der Waals surface area contributed by atoms with Crippen LogP contribution in [0.1, 0.15) is 36.2 Å². The highest BCUT2D eigenvalue weighted by atomic mass is 16.1. The molecule has 7 heteroatoms. The van der Waals surface area contributed by atoms with E-state index in [1.54, 1.807) is 24.5 Å². The summed E-state index contributed by atoms with van der Waals surface area (Å²) in [7, 11) is 0. The topological polar surface area (TPSA) is 94.7 Å². The van der Waals surface area contributed by atoms with Crippen LogP contribution in [-0.2, 0) is 5.41 Å². The minimum Gasteiger partial charge on any atom is -0.385 e. The Kier molecular flexibility index (Phi) is 4.58. The van der Waals surface area contributed by atoms with Gasteiger partial charge in [-0.05, 0) is 59.9 Å². The summed E-state index contributed by atoms with van der Waals surface area (Å²) < 4.78 is 0. The Morgan fingerprint density at radius 3 is 2.87 bits per heavy atom. The second kappa shape index (κ2) is 7.43. The first kappa shape index (κ1) is 19.1. The number of aromatic nitrogens is 3. The van der Waals surface area contributed by atoms with Crippen molar-refractivity contribution < 1.29 is 4.79 Å². The van der Waals surface area contributed by atoms with Gasteiger partial charge in [0.1, 0.15) is 5.82 Å². The number of amides is 1. The number of rotatable bonds is 4. The number of pyridine rings is 1. The van der Waals surface area contributed by atoms with Crippen LogP contribution in [0.25, 0.3) is 10.9 Å². The molecule has 0 radical (unpaired) electrons. The lowest BCUT2D eigenvalue weighted by Crippen LogP contribution is -2.28. The first-order valence-electron chi connectivity index (χ1n) is 10.3. The van der Waals surface area contributed by atoms with Gasteiger partial charge in [-0.25, -0.2) is 4.98 Å². The number of carbonyl (C=O) groups excluding carboxylic acids is 1. The average molecular weight is 412 g/mol. The van der Waals surface area contributed by atoms with Crippen molar-refractivity contribution in [3.63, 3.8) is 0 Å². The molecule has 0 aliphatic carbocycles. The van der Waals surface area contributed by atoms with Crippen molar-refractivity contribution in [3.05, 3.63) is 72.1 Å². The minimum absolute atomic E-state index is 0.124. The number of anilines is 4. The van der Waals surface area contributed by atoms with Crippen molar-refractivity contribution in [1.82, 2.24) is 15.2 Å². The normalized spacial score (nSPS) is 14.5. The van der Waals surface area contributed by atoms with Crippen molar-refractivity contribution in [2.24, 2.45) is 0 Å². The van der Waals surface area contributed by atoms with Crippen molar-refractivity contribution >= 4 is 39.7 Å². The summed E-state index contributed by atoms with van der Waals surface area (Å²) >= 11 is 0. The maximum Gasteiger partial charge on any atom is 0.259 e. The fraction of sp³-hybridized carbons (Fsp3) is 0.208. The number of nitrogens with zero attached hydrogens (tertiary/aromatic N) is 2. The van der Waals surface area contributed by atoms with Crippen LogP contribution in [-0.4, -0.2) is 27.6 Å². The molecule has 7 nitrogen and oxygen atoms in total. The number of hydrogen-bond acceptors (Lipinski definition) is 5. The highest BCUT2D eigenvalue weighted by Gasteiger charge is 2.27. The van der Waals surface area contributed by atoms with Crippen LogP contribution in [0.4, 0.5) is 22.9 Å². The van der Waals surface area contributed by atoms with Gasteiger partial charge < -0.3 is 16.0 Å². The van der Waals surface area contributed by atoms with Gasteiger partial charge in [0.25, 0.3) is 5.91 Å². The van der Waals surface area contributed by atoms with Crippen molar-refractivity contribution in [3.8, 4) is 0 Å². The number of aromatic amines is 1. The first-order chi connectivity index (χ1) is 15.0. The number of H-pyrrole nitrogens is 1. The molecular weight excluding hydrogens is 388 g/mol. The molecule has 1 aliphatic heterocycles. The van der Waals surface area contributed by atoms with Crippen LogP contribution in [0.5, 0.6) is 0 Å². The van der Waals surface area contributed by atoms with Crippen LogP contribution in [0.2, 0.25) is 0 Å². The molecule has 0 bridgehead atoms. The summed E-state index contributed by atoms with van der Waals surface area (Å²) in [5, 5.41) is 17.7. The van der Waals surface area contributed by atoms with E-state index >= 15 is 0 Å². The van der Waals surface area contributed by atoms with Gasteiger partial charge in [-0.15, -0.1) is 0 Å². The molecule has 4 aromatic rings. The fourth-order valence-corrected chi connectivity index (χ4v) is 4.04.